The molecule has 6 heteroatoms. The Hall–Kier alpha value is -2.53. The standard InChI is InChI=1S/C17H17ClN2O3/c1-2-15(16(21)20-12-6-4-3-5-7-12)23-17(22)11-8-9-13(18)14(19)10-11/h3-10,15H,2,19H2,1H3,(H,20,21). The first-order valence-electron chi connectivity index (χ1n) is 7.13. The topological polar surface area (TPSA) is 81.4 Å². The molecule has 0 heterocycles. The maximum atomic E-state index is 12.2. The summed E-state index contributed by atoms with van der Waals surface area (Å²) in [5.74, 6) is -1.00. The number of halogens is 1. The van der Waals surface area contributed by atoms with Crippen LogP contribution in [0.5, 0.6) is 0 Å². The lowest BCUT2D eigenvalue weighted by Gasteiger charge is -2.16. The molecule has 1 atom stereocenters. The second-order valence-corrected chi connectivity index (χ2v) is 5.30. The van der Waals surface area contributed by atoms with Crippen LogP contribution in [0.1, 0.15) is 23.7 Å². The van der Waals surface area contributed by atoms with Gasteiger partial charge in [0.25, 0.3) is 5.91 Å². The molecule has 0 aliphatic rings. The Kier molecular flexibility index (Phi) is 5.60. The van der Waals surface area contributed by atoms with E-state index in [1.807, 2.05) is 6.07 Å². The van der Waals surface area contributed by atoms with Crippen LogP contribution >= 0.6 is 11.6 Å². The maximum absolute atomic E-state index is 12.2. The van der Waals surface area contributed by atoms with E-state index in [1.165, 1.54) is 18.2 Å². The molecule has 1 amide bonds. The molecule has 5 nitrogen and oxygen atoms in total. The number of carbonyl (C=O) groups excluding carboxylic acids is 2. The second-order valence-electron chi connectivity index (χ2n) is 4.89. The van der Waals surface area contributed by atoms with Gasteiger partial charge in [-0.3, -0.25) is 4.79 Å². The Balaban J connectivity index is 2.04. The van der Waals surface area contributed by atoms with E-state index in [1.54, 1.807) is 31.2 Å². The van der Waals surface area contributed by atoms with Crippen molar-refractivity contribution >= 4 is 34.9 Å². The monoisotopic (exact) mass is 332 g/mol. The molecule has 0 saturated heterocycles. The largest absolute Gasteiger partial charge is 0.449 e. The number of amides is 1. The smallest absolute Gasteiger partial charge is 0.338 e. The zero-order chi connectivity index (χ0) is 16.8. The van der Waals surface area contributed by atoms with E-state index in [0.717, 1.165) is 0 Å². The van der Waals surface area contributed by atoms with Crippen molar-refractivity contribution in [3.8, 4) is 0 Å². The van der Waals surface area contributed by atoms with Crippen molar-refractivity contribution in [3.63, 3.8) is 0 Å². The minimum Gasteiger partial charge on any atom is -0.449 e. The van der Waals surface area contributed by atoms with Gasteiger partial charge in [0.05, 0.1) is 16.3 Å². The third-order valence-corrected chi connectivity index (χ3v) is 3.53. The number of rotatable bonds is 5. The van der Waals surface area contributed by atoms with E-state index < -0.39 is 12.1 Å². The number of anilines is 2. The van der Waals surface area contributed by atoms with Crippen molar-refractivity contribution in [2.45, 2.75) is 19.4 Å². The van der Waals surface area contributed by atoms with Gasteiger partial charge in [0.15, 0.2) is 6.10 Å². The van der Waals surface area contributed by atoms with Gasteiger partial charge in [-0.15, -0.1) is 0 Å². The molecule has 0 aliphatic heterocycles. The van der Waals surface area contributed by atoms with Crippen molar-refractivity contribution in [3.05, 3.63) is 59.1 Å². The lowest BCUT2D eigenvalue weighted by Crippen LogP contribution is -2.32. The first-order chi connectivity index (χ1) is 11.0. The number of nitrogens with two attached hydrogens (primary N) is 1. The average molecular weight is 333 g/mol. The second kappa shape index (κ2) is 7.65. The van der Waals surface area contributed by atoms with Crippen LogP contribution in [-0.4, -0.2) is 18.0 Å². The number of nitrogen functional groups attached to an aromatic ring is 1. The van der Waals surface area contributed by atoms with Crippen LogP contribution in [-0.2, 0) is 9.53 Å². The molecule has 2 aromatic rings. The highest BCUT2D eigenvalue weighted by molar-refractivity contribution is 6.33. The molecule has 120 valence electrons. The van der Waals surface area contributed by atoms with Gasteiger partial charge in [0, 0.05) is 5.69 Å². The molecule has 3 N–H and O–H groups in total. The van der Waals surface area contributed by atoms with Crippen molar-refractivity contribution in [1.82, 2.24) is 0 Å². The quantitative estimate of drug-likeness (QED) is 0.648. The Labute approximate surface area is 139 Å². The van der Waals surface area contributed by atoms with Crippen LogP contribution in [0.25, 0.3) is 0 Å². The zero-order valence-electron chi connectivity index (χ0n) is 12.6. The predicted molar refractivity (Wildman–Crippen MR) is 90.4 cm³/mol. The van der Waals surface area contributed by atoms with Gasteiger partial charge in [-0.25, -0.2) is 4.79 Å². The molecule has 0 radical (unpaired) electrons. The number of ether oxygens (including phenoxy) is 1. The Bertz CT molecular complexity index is 704. The summed E-state index contributed by atoms with van der Waals surface area (Å²) in [5.41, 5.74) is 6.83. The van der Waals surface area contributed by atoms with Crippen LogP contribution in [0.2, 0.25) is 5.02 Å². The summed E-state index contributed by atoms with van der Waals surface area (Å²) >= 11 is 5.82. The van der Waals surface area contributed by atoms with Gasteiger partial charge in [-0.1, -0.05) is 36.7 Å². The number of nitrogens with one attached hydrogen (secondary N) is 1. The Morgan fingerprint density at radius 1 is 1.22 bits per heavy atom. The normalized spacial score (nSPS) is 11.6. The van der Waals surface area contributed by atoms with E-state index in [4.69, 9.17) is 22.1 Å². The third kappa shape index (κ3) is 4.47. The first kappa shape index (κ1) is 16.8. The van der Waals surface area contributed by atoms with Crippen LogP contribution < -0.4 is 11.1 Å². The number of benzene rings is 2. The highest BCUT2D eigenvalue weighted by Gasteiger charge is 2.22. The molecule has 0 saturated carbocycles. The predicted octanol–water partition coefficient (Wildman–Crippen LogP) is 3.50. The SMILES string of the molecule is CCC(OC(=O)c1ccc(Cl)c(N)c1)C(=O)Nc1ccccc1. The number of hydrogen-bond acceptors (Lipinski definition) is 4. The Morgan fingerprint density at radius 3 is 2.52 bits per heavy atom. The molecule has 1 unspecified atom stereocenters. The molecule has 0 spiro atoms. The van der Waals surface area contributed by atoms with Gasteiger partial charge in [0.1, 0.15) is 0 Å². The summed E-state index contributed by atoms with van der Waals surface area (Å²) in [7, 11) is 0. The highest BCUT2D eigenvalue weighted by atomic mass is 35.5. The number of para-hydroxylation sites is 1. The molecular weight excluding hydrogens is 316 g/mol. The van der Waals surface area contributed by atoms with Crippen LogP contribution in [0.15, 0.2) is 48.5 Å². The van der Waals surface area contributed by atoms with Gasteiger partial charge in [-0.05, 0) is 36.8 Å². The van der Waals surface area contributed by atoms with Gasteiger partial charge < -0.3 is 15.8 Å². The maximum Gasteiger partial charge on any atom is 0.338 e. The van der Waals surface area contributed by atoms with Crippen molar-refractivity contribution < 1.29 is 14.3 Å². The van der Waals surface area contributed by atoms with Gasteiger partial charge in [-0.2, -0.15) is 0 Å². The molecule has 2 rings (SSSR count). The fraction of sp³-hybridized carbons (Fsp3) is 0.176. The van der Waals surface area contributed by atoms with Crippen molar-refractivity contribution in [2.75, 3.05) is 11.1 Å². The van der Waals surface area contributed by atoms with Crippen LogP contribution in [0.4, 0.5) is 11.4 Å². The molecule has 0 fully saturated rings. The number of carbonyl (C=O) groups is 2. The fourth-order valence-corrected chi connectivity index (χ4v) is 2.05. The summed E-state index contributed by atoms with van der Waals surface area (Å²) in [4.78, 5) is 24.3. The Morgan fingerprint density at radius 2 is 1.91 bits per heavy atom. The van der Waals surface area contributed by atoms with E-state index in [9.17, 15) is 9.59 Å². The van der Waals surface area contributed by atoms with E-state index in [2.05, 4.69) is 5.32 Å². The lowest BCUT2D eigenvalue weighted by molar-refractivity contribution is -0.124. The number of esters is 1. The molecular formula is C17H17ClN2O3. The summed E-state index contributed by atoms with van der Waals surface area (Å²) < 4.78 is 5.26. The van der Waals surface area contributed by atoms with E-state index >= 15 is 0 Å². The summed E-state index contributed by atoms with van der Waals surface area (Å²) in [5, 5.41) is 3.07. The third-order valence-electron chi connectivity index (χ3n) is 3.19. The van der Waals surface area contributed by atoms with E-state index in [0.29, 0.717) is 17.1 Å². The number of hydrogen-bond donors (Lipinski definition) is 2. The minimum atomic E-state index is -0.889. The lowest BCUT2D eigenvalue weighted by atomic mass is 10.2. The zero-order valence-corrected chi connectivity index (χ0v) is 13.3. The summed E-state index contributed by atoms with van der Waals surface area (Å²) in [6.45, 7) is 1.76. The van der Waals surface area contributed by atoms with Crippen molar-refractivity contribution in [2.24, 2.45) is 0 Å². The average Bonchev–Trinajstić information content (AvgIpc) is 2.55. The molecule has 2 aromatic carbocycles. The fourth-order valence-electron chi connectivity index (χ4n) is 1.93. The molecule has 23 heavy (non-hydrogen) atoms. The van der Waals surface area contributed by atoms with Crippen molar-refractivity contribution in [1.29, 1.82) is 0 Å². The summed E-state index contributed by atoms with van der Waals surface area (Å²) in [6, 6.07) is 13.4. The first-order valence-corrected chi connectivity index (χ1v) is 7.51. The van der Waals surface area contributed by atoms with Crippen LogP contribution in [0.3, 0.4) is 0 Å². The highest BCUT2D eigenvalue weighted by Crippen LogP contribution is 2.20. The van der Waals surface area contributed by atoms with Crippen LogP contribution in [0, 0.1) is 0 Å². The van der Waals surface area contributed by atoms with Gasteiger partial charge in [0.2, 0.25) is 0 Å². The minimum absolute atomic E-state index is 0.248. The van der Waals surface area contributed by atoms with E-state index in [-0.39, 0.29) is 17.2 Å². The molecule has 0 aromatic heterocycles. The molecule has 0 bridgehead atoms. The molecule has 0 aliphatic carbocycles. The summed E-state index contributed by atoms with van der Waals surface area (Å²) in [6.07, 6.45) is -0.535. The van der Waals surface area contributed by atoms with Gasteiger partial charge >= 0.3 is 5.97 Å².